The second-order valence-electron chi connectivity index (χ2n) is 0. The van der Waals surface area contributed by atoms with E-state index >= 15 is 0 Å². The average Bonchev–Trinajstić information content (AvgIpc) is 1.00. The van der Waals surface area contributed by atoms with Gasteiger partial charge in [-0.3, -0.25) is 0 Å². The van der Waals surface area contributed by atoms with Gasteiger partial charge in [0.05, 0.1) is 0 Å². The molecule has 20 valence electrons. The van der Waals surface area contributed by atoms with E-state index in [4.69, 9.17) is 0 Å². The molecule has 0 aliphatic rings. The average molecular weight is 249 g/mol. The van der Waals surface area contributed by atoms with Crippen LogP contribution in [0.2, 0.25) is 0 Å². The van der Waals surface area contributed by atoms with Crippen LogP contribution in [0.25, 0.3) is 0 Å². The van der Waals surface area contributed by atoms with Crippen molar-refractivity contribution in [3.05, 3.63) is 0 Å². The zero-order valence-corrected chi connectivity index (χ0v) is 5.21. The van der Waals surface area contributed by atoms with Crippen molar-refractivity contribution in [2.75, 3.05) is 0 Å². The van der Waals surface area contributed by atoms with E-state index in [1.165, 1.54) is 0 Å². The monoisotopic (exact) mass is 248 g/mol. The minimum absolute atomic E-state index is 0. The third-order valence-electron chi connectivity index (χ3n) is 0. The van der Waals surface area contributed by atoms with E-state index in [1.54, 1.807) is 0 Å². The second kappa shape index (κ2) is 17.9. The van der Waals surface area contributed by atoms with Gasteiger partial charge in [-0.15, -0.1) is 0 Å². The Kier molecular flexibility index (Phi) is 72.0. The second-order valence-corrected chi connectivity index (χ2v) is 0. The molecule has 4 heteroatoms. The fourth-order valence-electron chi connectivity index (χ4n) is 0. The summed E-state index contributed by atoms with van der Waals surface area (Å²) < 4.78 is 0. The van der Waals surface area contributed by atoms with Gasteiger partial charge in [0.15, 0.2) is 17.4 Å². The van der Waals surface area contributed by atoms with Crippen LogP contribution in [0.15, 0.2) is 0 Å². The molecule has 0 aromatic rings. The van der Waals surface area contributed by atoms with Gasteiger partial charge in [0.1, 0.15) is 0 Å². The molecule has 0 rings (SSSR count). The predicted octanol–water partition coefficient (Wildman–Crippen LogP) is -1.89. The van der Waals surface area contributed by atoms with Crippen molar-refractivity contribution < 1.29 is 0 Å². The quantitative estimate of drug-likeness (QED) is 0.348. The van der Waals surface area contributed by atoms with Crippen LogP contribution in [0.5, 0.6) is 0 Å². The van der Waals surface area contributed by atoms with Gasteiger partial charge in [-0.1, -0.05) is 0 Å². The summed E-state index contributed by atoms with van der Waals surface area (Å²) in [6, 6.07) is 0. The van der Waals surface area contributed by atoms with Crippen molar-refractivity contribution in [3.8, 4) is 0 Å². The Balaban J connectivity index is -0.00000000500. The third kappa shape index (κ3) is 8.82. The minimum atomic E-state index is 0. The summed E-state index contributed by atoms with van der Waals surface area (Å²) in [5.41, 5.74) is 0. The van der Waals surface area contributed by atoms with Crippen molar-refractivity contribution in [1.29, 1.82) is 0 Å². The Labute approximate surface area is 65.3 Å². The summed E-state index contributed by atoms with van der Waals surface area (Å²) in [6.45, 7) is 0. The molecule has 0 nitrogen and oxygen atoms in total. The fourth-order valence-corrected chi connectivity index (χ4v) is 0. The van der Waals surface area contributed by atoms with Gasteiger partial charge in [-0.2, -0.15) is 0 Å². The van der Waals surface area contributed by atoms with Crippen LogP contribution in [0.1, 0.15) is 0 Å². The van der Waals surface area contributed by atoms with Gasteiger partial charge < -0.3 is 0 Å². The van der Waals surface area contributed by atoms with Crippen LogP contribution in [-0.2, 0) is 0 Å². The van der Waals surface area contributed by atoms with Crippen LogP contribution in [0.4, 0.5) is 0 Å². The molecule has 0 radical (unpaired) electrons. The molecule has 0 spiro atoms. The molecule has 0 aliphatic heterocycles. The van der Waals surface area contributed by atoms with Crippen molar-refractivity contribution in [2.24, 2.45) is 0 Å². The molecule has 0 unspecified atom stereocenters. The maximum atomic E-state index is 3.66. The summed E-state index contributed by atoms with van der Waals surface area (Å²) in [7, 11) is 0. The molecule has 4 heavy (non-hydrogen) atoms. The molecule has 0 bridgehead atoms. The molecular weight excluding hydrogens is 242 g/mol. The zero-order valence-electron chi connectivity index (χ0n) is 1.02. The molecule has 0 aromatic carbocycles. The molecular formula is H6AlGaInP. The normalized spacial score (nSPS) is 1.25. The van der Waals surface area contributed by atoms with Gasteiger partial charge in [0.2, 0.25) is 0 Å². The van der Waals surface area contributed by atoms with E-state index < -0.39 is 0 Å². The molecule has 0 N–H and O–H groups in total. The zero-order chi connectivity index (χ0) is 2.00. The van der Waals surface area contributed by atoms with Crippen LogP contribution in [0.3, 0.4) is 0 Å². The van der Waals surface area contributed by atoms with E-state index in [-0.39, 0.29) is 37.2 Å². The summed E-state index contributed by atoms with van der Waals surface area (Å²) in [5.74, 6) is 3.66. The molecule has 0 aliphatic carbocycles. The molecule has 0 fully saturated rings. The predicted molar refractivity (Wildman–Crippen MR) is 32.6 cm³/mol. The van der Waals surface area contributed by atoms with Crippen LogP contribution < -0.4 is 0 Å². The summed E-state index contributed by atoms with van der Waals surface area (Å²) >= 11 is 1.04. The first-order valence-corrected chi connectivity index (χ1v) is 5.20. The van der Waals surface area contributed by atoms with E-state index in [0.29, 0.717) is 0 Å². The van der Waals surface area contributed by atoms with Gasteiger partial charge in [0, 0.05) is 0 Å². The van der Waals surface area contributed by atoms with Gasteiger partial charge in [-0.05, 0) is 0 Å². The summed E-state index contributed by atoms with van der Waals surface area (Å²) in [6.07, 6.45) is 0. The Morgan fingerprint density at radius 2 is 1.25 bits per heavy atom. The standard InChI is InChI=1S/Al.Ga.In.P.6H. The number of hydrogen-bond acceptors (Lipinski definition) is 0. The van der Waals surface area contributed by atoms with Crippen LogP contribution >= 0.6 is 5.89 Å². The van der Waals surface area contributed by atoms with E-state index in [1.807, 2.05) is 0 Å². The Morgan fingerprint density at radius 3 is 1.25 bits per heavy atom. The van der Waals surface area contributed by atoms with Crippen molar-refractivity contribution in [2.45, 2.75) is 0 Å². The summed E-state index contributed by atoms with van der Waals surface area (Å²) in [4.78, 5) is 0. The van der Waals surface area contributed by atoms with Gasteiger partial charge >= 0.3 is 48.7 Å². The first-order valence-electron chi connectivity index (χ1n) is 0.258. The van der Waals surface area contributed by atoms with Crippen LogP contribution in [-0.4, -0.2) is 60.2 Å². The van der Waals surface area contributed by atoms with Gasteiger partial charge in [0.25, 0.3) is 0 Å². The number of rotatable bonds is 0. The van der Waals surface area contributed by atoms with E-state index in [9.17, 15) is 0 Å². The van der Waals surface area contributed by atoms with E-state index in [2.05, 4.69) is 5.89 Å². The first kappa shape index (κ1) is 16.1. The molecule has 0 aromatic heterocycles. The molecule has 0 atom stereocenters. The van der Waals surface area contributed by atoms with Crippen molar-refractivity contribution in [1.82, 2.24) is 0 Å². The Bertz CT molecular complexity index is 12.8. The fraction of sp³-hybridized carbons (Fsp3) is 0. The molecule has 0 heterocycles. The molecule has 0 saturated heterocycles. The first-order chi connectivity index (χ1) is 1.00. The topological polar surface area (TPSA) is 0 Å². The van der Waals surface area contributed by atoms with E-state index in [0.717, 1.165) is 23.0 Å². The Hall–Kier alpha value is 2.47. The van der Waals surface area contributed by atoms with Crippen molar-refractivity contribution >= 4 is 66.1 Å². The SMILES string of the molecule is [AlH3].[GaH3].[P]#[In]. The third-order valence-corrected chi connectivity index (χ3v) is 0. The number of hydrogen-bond donors (Lipinski definition) is 0. The van der Waals surface area contributed by atoms with Crippen LogP contribution in [0, 0.1) is 0 Å². The maximum absolute atomic E-state index is 3.66. The molecule has 0 amide bonds. The van der Waals surface area contributed by atoms with Crippen molar-refractivity contribution in [3.63, 3.8) is 0 Å². The van der Waals surface area contributed by atoms with Gasteiger partial charge in [-0.25, -0.2) is 0 Å². The Morgan fingerprint density at radius 1 is 1.25 bits per heavy atom. The molecule has 0 saturated carbocycles. The summed E-state index contributed by atoms with van der Waals surface area (Å²) in [5, 5.41) is 0.